The first-order chi connectivity index (χ1) is 16.8. The molecular weight excluding hydrogens is 454 g/mol. The van der Waals surface area contributed by atoms with E-state index in [1.165, 1.54) is 36.3 Å². The molecule has 2 fully saturated rings. The highest BCUT2D eigenvalue weighted by Gasteiger charge is 2.46. The van der Waals surface area contributed by atoms with Crippen LogP contribution in [-0.2, 0) is 14.3 Å². The summed E-state index contributed by atoms with van der Waals surface area (Å²) >= 11 is 0. The second kappa shape index (κ2) is 10.2. The number of aryl methyl sites for hydroxylation is 1. The highest BCUT2D eigenvalue weighted by molar-refractivity contribution is 6.46. The molecule has 0 unspecified atom stereocenters. The van der Waals surface area contributed by atoms with Crippen molar-refractivity contribution in [3.63, 3.8) is 0 Å². The summed E-state index contributed by atoms with van der Waals surface area (Å²) in [5.41, 5.74) is 1.48. The Labute approximate surface area is 202 Å². The predicted molar refractivity (Wildman–Crippen MR) is 127 cm³/mol. The number of hydrogen-bond donors (Lipinski definition) is 1. The summed E-state index contributed by atoms with van der Waals surface area (Å²) in [5, 5.41) is 22.3. The Hall–Kier alpha value is -3.76. The number of ether oxygens (including phenoxy) is 2. The summed E-state index contributed by atoms with van der Waals surface area (Å²) in [7, 11) is 1.54. The summed E-state index contributed by atoms with van der Waals surface area (Å²) in [6.07, 6.45) is 0. The van der Waals surface area contributed by atoms with Crippen molar-refractivity contribution >= 4 is 23.1 Å². The van der Waals surface area contributed by atoms with Gasteiger partial charge in [0.15, 0.2) is 0 Å². The Bertz CT molecular complexity index is 1170. The number of amides is 1. The van der Waals surface area contributed by atoms with E-state index in [2.05, 4.69) is 4.90 Å². The number of benzene rings is 2. The number of aliphatic hydroxyl groups excluding tert-OH is 1. The number of carbonyl (C=O) groups is 2. The number of non-ortho nitro benzene ring substituents is 1. The molecule has 2 aliphatic heterocycles. The van der Waals surface area contributed by atoms with Gasteiger partial charge in [-0.15, -0.1) is 0 Å². The van der Waals surface area contributed by atoms with E-state index >= 15 is 0 Å². The number of ketones is 1. The molecule has 4 rings (SSSR count). The minimum absolute atomic E-state index is 0.0459. The van der Waals surface area contributed by atoms with Gasteiger partial charge in [-0.05, 0) is 48.4 Å². The largest absolute Gasteiger partial charge is 0.507 e. The maximum absolute atomic E-state index is 13.2. The van der Waals surface area contributed by atoms with Crippen LogP contribution in [0.25, 0.3) is 5.76 Å². The molecule has 35 heavy (non-hydrogen) atoms. The number of likely N-dealkylation sites (tertiary alicyclic amines) is 1. The quantitative estimate of drug-likeness (QED) is 0.211. The molecule has 2 aromatic carbocycles. The molecule has 2 aliphatic rings. The number of aliphatic hydroxyl groups is 1. The van der Waals surface area contributed by atoms with Crippen molar-refractivity contribution in [2.24, 2.45) is 0 Å². The zero-order chi connectivity index (χ0) is 25.1. The van der Waals surface area contributed by atoms with Gasteiger partial charge in [-0.3, -0.25) is 24.6 Å². The molecule has 184 valence electrons. The molecule has 0 aliphatic carbocycles. The monoisotopic (exact) mass is 481 g/mol. The first-order valence-electron chi connectivity index (χ1n) is 11.3. The van der Waals surface area contributed by atoms with E-state index in [4.69, 9.17) is 9.47 Å². The topological polar surface area (TPSA) is 122 Å². The molecule has 1 amide bonds. The highest BCUT2D eigenvalue weighted by atomic mass is 16.6. The number of nitro benzene ring substituents is 1. The van der Waals surface area contributed by atoms with E-state index in [0.717, 1.165) is 18.7 Å². The molecule has 0 radical (unpaired) electrons. The summed E-state index contributed by atoms with van der Waals surface area (Å²) < 4.78 is 10.6. The number of nitro groups is 1. The number of carbonyl (C=O) groups excluding carboxylic acids is 2. The molecule has 0 aromatic heterocycles. The molecule has 2 heterocycles. The van der Waals surface area contributed by atoms with Gasteiger partial charge >= 0.3 is 0 Å². The maximum Gasteiger partial charge on any atom is 0.295 e. The van der Waals surface area contributed by atoms with Gasteiger partial charge in [0.1, 0.15) is 11.5 Å². The van der Waals surface area contributed by atoms with E-state index in [1.807, 2.05) is 6.92 Å². The fraction of sp³-hybridized carbons (Fsp3) is 0.360. The number of hydrogen-bond acceptors (Lipinski definition) is 8. The van der Waals surface area contributed by atoms with E-state index < -0.39 is 22.7 Å². The van der Waals surface area contributed by atoms with Crippen molar-refractivity contribution in [3.8, 4) is 5.75 Å². The zero-order valence-corrected chi connectivity index (χ0v) is 19.6. The lowest BCUT2D eigenvalue weighted by molar-refractivity contribution is -0.384. The van der Waals surface area contributed by atoms with Crippen molar-refractivity contribution in [2.75, 3.05) is 46.5 Å². The minimum Gasteiger partial charge on any atom is -0.507 e. The van der Waals surface area contributed by atoms with Crippen LogP contribution in [0.3, 0.4) is 0 Å². The standard InChI is InChI=1S/C25H27N3O7/c1-16-15-18(5-8-20(16)34-2)23(29)21-22(17-3-6-19(7-4-17)28(32)33)27(25(31)24(21)30)10-9-26-11-13-35-14-12-26/h3-8,15,22,29H,9-14H2,1-2H3/b23-21+/t22-/m0/s1. The summed E-state index contributed by atoms with van der Waals surface area (Å²) in [5.74, 6) is -1.18. The van der Waals surface area contributed by atoms with Gasteiger partial charge < -0.3 is 19.5 Å². The first-order valence-corrected chi connectivity index (χ1v) is 11.3. The van der Waals surface area contributed by atoms with Crippen molar-refractivity contribution in [1.29, 1.82) is 0 Å². The SMILES string of the molecule is COc1ccc(/C(O)=C2\C(=O)C(=O)N(CCN3CCOCC3)[C@H]2c2ccc([N+](=O)[O-])cc2)cc1C. The van der Waals surface area contributed by atoms with Gasteiger partial charge in [-0.1, -0.05) is 0 Å². The van der Waals surface area contributed by atoms with Crippen molar-refractivity contribution in [3.05, 3.63) is 74.8 Å². The normalized spacial score (nSPS) is 20.3. The van der Waals surface area contributed by atoms with Crippen LogP contribution in [0.5, 0.6) is 5.75 Å². The van der Waals surface area contributed by atoms with E-state index in [9.17, 15) is 24.8 Å². The lowest BCUT2D eigenvalue weighted by Crippen LogP contribution is -2.42. The molecule has 2 saturated heterocycles. The van der Waals surface area contributed by atoms with Crippen LogP contribution in [0.4, 0.5) is 5.69 Å². The number of nitrogens with zero attached hydrogens (tertiary/aromatic N) is 3. The summed E-state index contributed by atoms with van der Waals surface area (Å²) in [6, 6.07) is 9.80. The minimum atomic E-state index is -0.876. The van der Waals surface area contributed by atoms with Gasteiger partial charge in [-0.25, -0.2) is 0 Å². The van der Waals surface area contributed by atoms with Crippen LogP contribution in [0, 0.1) is 17.0 Å². The third-order valence-electron chi connectivity index (χ3n) is 6.39. The molecule has 0 spiro atoms. The summed E-state index contributed by atoms with van der Waals surface area (Å²) in [6.45, 7) is 5.23. The van der Waals surface area contributed by atoms with Gasteiger partial charge in [0.2, 0.25) is 0 Å². The van der Waals surface area contributed by atoms with Crippen LogP contribution >= 0.6 is 0 Å². The average molecular weight is 482 g/mol. The van der Waals surface area contributed by atoms with Crippen LogP contribution < -0.4 is 4.74 Å². The number of Topliss-reactive ketones (excluding diaryl/α,β-unsaturated/α-hetero) is 1. The first kappa shape index (κ1) is 24.4. The molecule has 2 aromatic rings. The maximum atomic E-state index is 13.2. The van der Waals surface area contributed by atoms with Gasteiger partial charge in [-0.2, -0.15) is 0 Å². The molecule has 1 N–H and O–H groups in total. The Morgan fingerprint density at radius 3 is 2.43 bits per heavy atom. The van der Waals surface area contributed by atoms with Crippen LogP contribution in [0.2, 0.25) is 0 Å². The second-order valence-corrected chi connectivity index (χ2v) is 8.48. The van der Waals surface area contributed by atoms with E-state index in [0.29, 0.717) is 36.6 Å². The number of methoxy groups -OCH3 is 1. The van der Waals surface area contributed by atoms with Crippen molar-refractivity contribution in [1.82, 2.24) is 9.80 Å². The van der Waals surface area contributed by atoms with Gasteiger partial charge in [0, 0.05) is 43.9 Å². The molecule has 0 bridgehead atoms. The second-order valence-electron chi connectivity index (χ2n) is 8.48. The van der Waals surface area contributed by atoms with E-state index in [-0.39, 0.29) is 23.6 Å². The highest BCUT2D eigenvalue weighted by Crippen LogP contribution is 2.40. The smallest absolute Gasteiger partial charge is 0.295 e. The van der Waals surface area contributed by atoms with Gasteiger partial charge in [0.25, 0.3) is 17.4 Å². The number of morpholine rings is 1. The Morgan fingerprint density at radius 2 is 1.83 bits per heavy atom. The van der Waals surface area contributed by atoms with Crippen LogP contribution in [-0.4, -0.2) is 78.0 Å². The summed E-state index contributed by atoms with van der Waals surface area (Å²) in [4.78, 5) is 40.5. The Kier molecular flexibility index (Phi) is 7.13. The molecule has 10 heteroatoms. The molecule has 1 atom stereocenters. The fourth-order valence-corrected chi connectivity index (χ4v) is 4.49. The van der Waals surface area contributed by atoms with Crippen LogP contribution in [0.1, 0.15) is 22.7 Å². The van der Waals surface area contributed by atoms with Crippen molar-refractivity contribution in [2.45, 2.75) is 13.0 Å². The predicted octanol–water partition coefficient (Wildman–Crippen LogP) is 2.67. The number of rotatable bonds is 7. The Balaban J connectivity index is 1.76. The third kappa shape index (κ3) is 4.89. The Morgan fingerprint density at radius 1 is 1.14 bits per heavy atom. The third-order valence-corrected chi connectivity index (χ3v) is 6.39. The molecular formula is C25H27N3O7. The lowest BCUT2D eigenvalue weighted by Gasteiger charge is -2.31. The van der Waals surface area contributed by atoms with Gasteiger partial charge in [0.05, 0.1) is 36.9 Å². The lowest BCUT2D eigenvalue weighted by atomic mass is 9.94. The molecule has 10 nitrogen and oxygen atoms in total. The van der Waals surface area contributed by atoms with Crippen molar-refractivity contribution < 1.29 is 29.1 Å². The van der Waals surface area contributed by atoms with Crippen LogP contribution in [0.15, 0.2) is 48.0 Å². The molecule has 0 saturated carbocycles. The zero-order valence-electron chi connectivity index (χ0n) is 19.6. The average Bonchev–Trinajstić information content (AvgIpc) is 3.12. The fourth-order valence-electron chi connectivity index (χ4n) is 4.49. The van der Waals surface area contributed by atoms with E-state index in [1.54, 1.807) is 18.2 Å².